The topological polar surface area (TPSA) is 62.3 Å². The molecule has 0 spiro atoms. The van der Waals surface area contributed by atoms with Gasteiger partial charge in [-0.05, 0) is 62.7 Å². The highest BCUT2D eigenvalue weighted by Crippen LogP contribution is 2.36. The van der Waals surface area contributed by atoms with E-state index in [-0.39, 0.29) is 4.90 Å². The van der Waals surface area contributed by atoms with E-state index < -0.39 is 10.0 Å². The minimum Gasteiger partial charge on any atom is -0.303 e. The van der Waals surface area contributed by atoms with Gasteiger partial charge < -0.3 is 4.90 Å². The third-order valence-corrected chi connectivity index (χ3v) is 7.87. The number of hydrogen-bond donors (Lipinski definition) is 1. The average molecular weight is 402 g/mol. The Morgan fingerprint density at radius 2 is 1.89 bits per heavy atom. The van der Waals surface area contributed by atoms with Gasteiger partial charge in [0.05, 0.1) is 5.52 Å². The number of likely N-dealkylation sites (tertiary alicyclic amines) is 1. The molecule has 2 aromatic rings. The summed E-state index contributed by atoms with van der Waals surface area (Å²) in [6, 6.07) is 9.26. The highest BCUT2D eigenvalue weighted by atomic mass is 32.2. The second-order valence-corrected chi connectivity index (χ2v) is 10.1. The predicted octanol–water partition coefficient (Wildman–Crippen LogP) is 3.81. The second kappa shape index (κ2) is 8.89. The lowest BCUT2D eigenvalue weighted by molar-refractivity contribution is 0.0858. The standard InChI is InChI=1S/C22H31N3O2S/c26-28(27,21-15-19-8-3-4-10-22(19)23-16-21)24-12-5-6-13-25-14-11-18-7-1-2-9-20(18)17-25/h3-4,8,10,15-16,18,20,24H,1-2,5-7,9,11-14,17H2. The van der Waals surface area contributed by atoms with E-state index in [2.05, 4.69) is 14.6 Å². The van der Waals surface area contributed by atoms with Gasteiger partial charge in [-0.1, -0.05) is 37.5 Å². The number of nitrogens with one attached hydrogen (secondary N) is 1. The van der Waals surface area contributed by atoms with E-state index in [9.17, 15) is 8.42 Å². The van der Waals surface area contributed by atoms with Gasteiger partial charge >= 0.3 is 0 Å². The highest BCUT2D eigenvalue weighted by Gasteiger charge is 2.30. The number of aromatic nitrogens is 1. The van der Waals surface area contributed by atoms with E-state index in [0.717, 1.165) is 42.1 Å². The van der Waals surface area contributed by atoms with E-state index in [1.54, 1.807) is 6.07 Å². The number of para-hydroxylation sites is 1. The Kier molecular flexibility index (Phi) is 6.28. The van der Waals surface area contributed by atoms with Crippen molar-refractivity contribution in [2.24, 2.45) is 11.8 Å². The van der Waals surface area contributed by atoms with Gasteiger partial charge in [-0.25, -0.2) is 13.1 Å². The van der Waals surface area contributed by atoms with Crippen LogP contribution in [0.25, 0.3) is 10.9 Å². The number of unbranched alkanes of at least 4 members (excludes halogenated alkanes) is 1. The maximum absolute atomic E-state index is 12.5. The van der Waals surface area contributed by atoms with Crippen molar-refractivity contribution in [1.29, 1.82) is 0 Å². The normalized spacial score (nSPS) is 23.6. The minimum atomic E-state index is -3.50. The number of benzene rings is 1. The molecule has 0 bridgehead atoms. The first-order valence-electron chi connectivity index (χ1n) is 10.7. The van der Waals surface area contributed by atoms with E-state index in [1.165, 1.54) is 51.4 Å². The Hall–Kier alpha value is -1.50. The van der Waals surface area contributed by atoms with E-state index in [1.807, 2.05) is 24.3 Å². The van der Waals surface area contributed by atoms with Gasteiger partial charge in [-0.2, -0.15) is 0 Å². The number of piperidine rings is 1. The molecule has 0 radical (unpaired) electrons. The van der Waals surface area contributed by atoms with Crippen molar-refractivity contribution in [2.75, 3.05) is 26.2 Å². The highest BCUT2D eigenvalue weighted by molar-refractivity contribution is 7.89. The number of nitrogens with zero attached hydrogens (tertiary/aromatic N) is 2. The number of rotatable bonds is 7. The minimum absolute atomic E-state index is 0.241. The molecule has 1 saturated heterocycles. The second-order valence-electron chi connectivity index (χ2n) is 8.36. The molecule has 152 valence electrons. The third-order valence-electron chi connectivity index (χ3n) is 6.44. The Morgan fingerprint density at radius 3 is 2.79 bits per heavy atom. The fourth-order valence-corrected chi connectivity index (χ4v) is 5.88. The summed E-state index contributed by atoms with van der Waals surface area (Å²) in [4.78, 5) is 7.09. The first-order valence-corrected chi connectivity index (χ1v) is 12.2. The SMILES string of the molecule is O=S(=O)(NCCCCN1CCC2CCCCC2C1)c1cnc2ccccc2c1. The largest absolute Gasteiger partial charge is 0.303 e. The molecule has 1 aliphatic carbocycles. The molecule has 2 atom stereocenters. The summed E-state index contributed by atoms with van der Waals surface area (Å²) in [5.41, 5.74) is 0.809. The summed E-state index contributed by atoms with van der Waals surface area (Å²) in [7, 11) is -3.50. The van der Waals surface area contributed by atoms with E-state index in [0.29, 0.717) is 6.54 Å². The molecule has 1 saturated carbocycles. The van der Waals surface area contributed by atoms with Crippen LogP contribution in [0, 0.1) is 11.8 Å². The Balaban J connectivity index is 1.22. The maximum Gasteiger partial charge on any atom is 0.242 e. The number of pyridine rings is 1. The molecule has 5 nitrogen and oxygen atoms in total. The summed E-state index contributed by atoms with van der Waals surface area (Å²) in [6.45, 7) is 4.03. The molecule has 1 aromatic carbocycles. The summed E-state index contributed by atoms with van der Waals surface area (Å²) < 4.78 is 27.8. The van der Waals surface area contributed by atoms with Gasteiger partial charge in [0.1, 0.15) is 4.90 Å². The van der Waals surface area contributed by atoms with Crippen LogP contribution in [0.2, 0.25) is 0 Å². The molecule has 4 rings (SSSR count). The summed E-state index contributed by atoms with van der Waals surface area (Å²) in [6.07, 6.45) is 10.4. The fraction of sp³-hybridized carbons (Fsp3) is 0.591. The van der Waals surface area contributed by atoms with Crippen LogP contribution in [0.4, 0.5) is 0 Å². The monoisotopic (exact) mass is 401 g/mol. The van der Waals surface area contributed by atoms with Crippen LogP contribution in [0.1, 0.15) is 44.9 Å². The Bertz CT molecular complexity index is 900. The van der Waals surface area contributed by atoms with Crippen molar-refractivity contribution < 1.29 is 8.42 Å². The quantitative estimate of drug-likeness (QED) is 0.717. The number of fused-ring (bicyclic) bond motifs is 2. The zero-order chi connectivity index (χ0) is 19.4. The van der Waals surface area contributed by atoms with Gasteiger partial charge in [0.25, 0.3) is 0 Å². The molecule has 6 heteroatoms. The lowest BCUT2D eigenvalue weighted by Crippen LogP contribution is -2.42. The van der Waals surface area contributed by atoms with Gasteiger partial charge in [0.2, 0.25) is 10.0 Å². The van der Waals surface area contributed by atoms with Crippen LogP contribution < -0.4 is 4.72 Å². The van der Waals surface area contributed by atoms with Crippen LogP contribution in [-0.2, 0) is 10.0 Å². The fourth-order valence-electron chi connectivity index (χ4n) is 4.83. The molecule has 0 amide bonds. The molecule has 2 heterocycles. The van der Waals surface area contributed by atoms with Crippen molar-refractivity contribution in [3.05, 3.63) is 36.5 Å². The first-order chi connectivity index (χ1) is 13.6. The summed E-state index contributed by atoms with van der Waals surface area (Å²) in [5.74, 6) is 1.87. The Morgan fingerprint density at radius 1 is 1.07 bits per heavy atom. The molecular formula is C22H31N3O2S. The molecule has 2 unspecified atom stereocenters. The van der Waals surface area contributed by atoms with Crippen molar-refractivity contribution in [3.8, 4) is 0 Å². The van der Waals surface area contributed by atoms with Gasteiger partial charge in [-0.15, -0.1) is 0 Å². The lowest BCUT2D eigenvalue weighted by atomic mass is 9.75. The first kappa shape index (κ1) is 19.8. The molecule has 28 heavy (non-hydrogen) atoms. The third kappa shape index (κ3) is 4.73. The Labute approximate surface area is 168 Å². The average Bonchev–Trinajstić information content (AvgIpc) is 2.73. The smallest absolute Gasteiger partial charge is 0.242 e. The van der Waals surface area contributed by atoms with Crippen LogP contribution in [0.5, 0.6) is 0 Å². The number of sulfonamides is 1. The summed E-state index contributed by atoms with van der Waals surface area (Å²) in [5, 5.41) is 0.844. The molecule has 2 fully saturated rings. The summed E-state index contributed by atoms with van der Waals surface area (Å²) >= 11 is 0. The van der Waals surface area contributed by atoms with E-state index in [4.69, 9.17) is 0 Å². The van der Waals surface area contributed by atoms with E-state index >= 15 is 0 Å². The molecule has 1 N–H and O–H groups in total. The lowest BCUT2D eigenvalue weighted by Gasteiger charge is -2.41. The van der Waals surface area contributed by atoms with Crippen molar-refractivity contribution in [1.82, 2.24) is 14.6 Å². The van der Waals surface area contributed by atoms with Crippen LogP contribution in [0.15, 0.2) is 41.4 Å². The predicted molar refractivity (Wildman–Crippen MR) is 113 cm³/mol. The molecule has 2 aliphatic rings. The van der Waals surface area contributed by atoms with Crippen molar-refractivity contribution >= 4 is 20.9 Å². The van der Waals surface area contributed by atoms with Gasteiger partial charge in [0, 0.05) is 24.7 Å². The van der Waals surface area contributed by atoms with Crippen molar-refractivity contribution in [2.45, 2.75) is 49.8 Å². The van der Waals surface area contributed by atoms with Crippen LogP contribution in [-0.4, -0.2) is 44.5 Å². The van der Waals surface area contributed by atoms with Gasteiger partial charge in [-0.3, -0.25) is 4.98 Å². The number of hydrogen-bond acceptors (Lipinski definition) is 4. The zero-order valence-electron chi connectivity index (χ0n) is 16.5. The zero-order valence-corrected chi connectivity index (χ0v) is 17.3. The molecular weight excluding hydrogens is 370 g/mol. The molecule has 1 aromatic heterocycles. The van der Waals surface area contributed by atoms with Crippen molar-refractivity contribution in [3.63, 3.8) is 0 Å². The van der Waals surface area contributed by atoms with Crippen LogP contribution >= 0.6 is 0 Å². The molecule has 1 aliphatic heterocycles. The van der Waals surface area contributed by atoms with Crippen LogP contribution in [0.3, 0.4) is 0 Å². The van der Waals surface area contributed by atoms with Gasteiger partial charge in [0.15, 0.2) is 0 Å². The maximum atomic E-state index is 12.5.